The van der Waals surface area contributed by atoms with Crippen LogP contribution in [0.25, 0.3) is 90.1 Å². The summed E-state index contributed by atoms with van der Waals surface area (Å²) >= 11 is 0. The van der Waals surface area contributed by atoms with Crippen LogP contribution in [0.4, 0.5) is 0 Å². The van der Waals surface area contributed by atoms with E-state index in [9.17, 15) is 0 Å². The molecule has 5 nitrogen and oxygen atoms in total. The molecule has 0 aliphatic rings. The molecule has 0 spiro atoms. The zero-order chi connectivity index (χ0) is 36.1. The van der Waals surface area contributed by atoms with E-state index < -0.39 is 0 Å². The summed E-state index contributed by atoms with van der Waals surface area (Å²) in [6.07, 6.45) is 3.65. The molecule has 254 valence electrons. The molecule has 0 aliphatic heterocycles. The van der Waals surface area contributed by atoms with Crippen molar-refractivity contribution in [3.05, 3.63) is 200 Å². The molecule has 5 aromatic carbocycles. The molecular formula is C49H33N5. The Balaban J connectivity index is 1.12. The number of pyridine rings is 3. The Bertz CT molecular complexity index is 2580. The molecule has 0 fully saturated rings. The highest BCUT2D eigenvalue weighted by Gasteiger charge is 2.16. The van der Waals surface area contributed by atoms with E-state index in [0.29, 0.717) is 5.82 Å². The number of nitrogens with zero attached hydrogens (tertiary/aromatic N) is 5. The fourth-order valence-electron chi connectivity index (χ4n) is 6.73. The van der Waals surface area contributed by atoms with Crippen molar-refractivity contribution in [2.75, 3.05) is 0 Å². The first-order valence-corrected chi connectivity index (χ1v) is 17.9. The minimum Gasteiger partial charge on any atom is -0.255 e. The van der Waals surface area contributed by atoms with Gasteiger partial charge in [0.15, 0.2) is 5.82 Å². The molecule has 0 radical (unpaired) electrons. The van der Waals surface area contributed by atoms with E-state index in [4.69, 9.17) is 19.9 Å². The van der Waals surface area contributed by atoms with Crippen LogP contribution in [0.15, 0.2) is 200 Å². The zero-order valence-electron chi connectivity index (χ0n) is 29.3. The normalized spacial score (nSPS) is 11.0. The average molecular weight is 692 g/mol. The van der Waals surface area contributed by atoms with Gasteiger partial charge in [-0.05, 0) is 81.9 Å². The van der Waals surface area contributed by atoms with E-state index in [1.54, 1.807) is 6.20 Å². The second-order valence-corrected chi connectivity index (χ2v) is 13.0. The van der Waals surface area contributed by atoms with Crippen molar-refractivity contribution < 1.29 is 0 Å². The minimum atomic E-state index is 0.676. The van der Waals surface area contributed by atoms with Gasteiger partial charge in [0.2, 0.25) is 0 Å². The lowest BCUT2D eigenvalue weighted by atomic mass is 9.95. The predicted molar refractivity (Wildman–Crippen MR) is 219 cm³/mol. The first kappa shape index (κ1) is 32.5. The molecule has 9 rings (SSSR count). The maximum Gasteiger partial charge on any atom is 0.161 e. The van der Waals surface area contributed by atoms with E-state index in [1.165, 1.54) is 0 Å². The minimum absolute atomic E-state index is 0.676. The van der Waals surface area contributed by atoms with Crippen LogP contribution in [0, 0.1) is 0 Å². The average Bonchev–Trinajstić information content (AvgIpc) is 3.27. The quantitative estimate of drug-likeness (QED) is 0.159. The monoisotopic (exact) mass is 691 g/mol. The summed E-state index contributed by atoms with van der Waals surface area (Å²) in [5.74, 6) is 0.676. The molecule has 9 aromatic rings. The van der Waals surface area contributed by atoms with Crippen molar-refractivity contribution in [3.63, 3.8) is 0 Å². The Morgan fingerprint density at radius 2 is 0.759 bits per heavy atom. The van der Waals surface area contributed by atoms with Crippen LogP contribution in [0.1, 0.15) is 0 Å². The maximum atomic E-state index is 5.14. The van der Waals surface area contributed by atoms with Gasteiger partial charge in [-0.1, -0.05) is 140 Å². The molecule has 0 saturated carbocycles. The van der Waals surface area contributed by atoms with Gasteiger partial charge in [-0.15, -0.1) is 0 Å². The molecule has 0 atom stereocenters. The standard InChI is InChI=1S/C49H33N5/c1-4-15-34(16-5-1)40-31-47(43-25-12-13-27-50-43)52-48(32-40)46-30-38(26-28-51-46)37-21-14-22-39(29-37)41-23-10-11-24-42(41)49-53-44(35-17-6-2-7-18-35)33-45(54-49)36-19-8-3-9-20-36/h1-33H. The van der Waals surface area contributed by atoms with E-state index in [0.717, 1.165) is 84.2 Å². The van der Waals surface area contributed by atoms with Gasteiger partial charge in [-0.2, -0.15) is 0 Å². The Morgan fingerprint density at radius 3 is 1.43 bits per heavy atom. The third-order valence-corrected chi connectivity index (χ3v) is 9.42. The highest BCUT2D eigenvalue weighted by Crippen LogP contribution is 2.36. The first-order valence-electron chi connectivity index (χ1n) is 17.9. The number of hydrogen-bond donors (Lipinski definition) is 0. The zero-order valence-corrected chi connectivity index (χ0v) is 29.3. The molecule has 4 aromatic heterocycles. The third kappa shape index (κ3) is 6.82. The highest BCUT2D eigenvalue weighted by molar-refractivity contribution is 5.85. The molecule has 0 unspecified atom stereocenters. The highest BCUT2D eigenvalue weighted by atomic mass is 14.9. The van der Waals surface area contributed by atoms with Crippen molar-refractivity contribution in [1.29, 1.82) is 0 Å². The van der Waals surface area contributed by atoms with Crippen LogP contribution >= 0.6 is 0 Å². The Hall–Kier alpha value is -7.37. The second-order valence-electron chi connectivity index (χ2n) is 13.0. The molecule has 54 heavy (non-hydrogen) atoms. The van der Waals surface area contributed by atoms with Crippen LogP contribution in [0.3, 0.4) is 0 Å². The summed E-state index contributed by atoms with van der Waals surface area (Å²) in [4.78, 5) is 24.7. The lowest BCUT2D eigenvalue weighted by Gasteiger charge is -2.14. The van der Waals surface area contributed by atoms with Crippen molar-refractivity contribution in [3.8, 4) is 90.1 Å². The largest absolute Gasteiger partial charge is 0.255 e. The fourth-order valence-corrected chi connectivity index (χ4v) is 6.73. The fraction of sp³-hybridized carbons (Fsp3) is 0. The summed E-state index contributed by atoms with van der Waals surface area (Å²) in [7, 11) is 0. The third-order valence-electron chi connectivity index (χ3n) is 9.42. The molecule has 0 bridgehead atoms. The van der Waals surface area contributed by atoms with Crippen LogP contribution in [0.2, 0.25) is 0 Å². The van der Waals surface area contributed by atoms with Crippen molar-refractivity contribution in [2.45, 2.75) is 0 Å². The number of rotatable bonds is 8. The van der Waals surface area contributed by atoms with Crippen LogP contribution < -0.4 is 0 Å². The number of aromatic nitrogens is 5. The summed E-state index contributed by atoms with van der Waals surface area (Å²) in [5.41, 5.74) is 14.4. The Labute approximate surface area is 314 Å². The van der Waals surface area contributed by atoms with E-state index >= 15 is 0 Å². The topological polar surface area (TPSA) is 64.5 Å². The molecule has 0 amide bonds. The van der Waals surface area contributed by atoms with Gasteiger partial charge in [0.25, 0.3) is 0 Å². The van der Waals surface area contributed by atoms with Gasteiger partial charge in [-0.25, -0.2) is 15.0 Å². The first-order chi connectivity index (χ1) is 26.7. The Kier molecular flexibility index (Phi) is 8.86. The van der Waals surface area contributed by atoms with Gasteiger partial charge in [-0.3, -0.25) is 9.97 Å². The summed E-state index contributed by atoms with van der Waals surface area (Å²) in [5, 5.41) is 0. The SMILES string of the molecule is c1ccc(-c2cc(-c3ccccn3)nc(-c3cc(-c4cccc(-c5ccccc5-c5nc(-c6ccccc6)cc(-c6ccccc6)n5)c4)ccn3)c2)cc1. The van der Waals surface area contributed by atoms with Crippen molar-refractivity contribution in [2.24, 2.45) is 0 Å². The van der Waals surface area contributed by atoms with Crippen molar-refractivity contribution >= 4 is 0 Å². The van der Waals surface area contributed by atoms with Crippen molar-refractivity contribution in [1.82, 2.24) is 24.9 Å². The maximum absolute atomic E-state index is 5.14. The number of hydrogen-bond acceptors (Lipinski definition) is 5. The van der Waals surface area contributed by atoms with E-state index in [2.05, 4.69) is 108 Å². The molecule has 5 heteroatoms. The molecule has 0 aliphatic carbocycles. The second kappa shape index (κ2) is 14.7. The van der Waals surface area contributed by atoms with Gasteiger partial charge >= 0.3 is 0 Å². The molecule has 0 saturated heterocycles. The molecular weight excluding hydrogens is 659 g/mol. The van der Waals surface area contributed by atoms with Gasteiger partial charge < -0.3 is 0 Å². The smallest absolute Gasteiger partial charge is 0.161 e. The van der Waals surface area contributed by atoms with Gasteiger partial charge in [0.05, 0.1) is 34.2 Å². The molecule has 4 heterocycles. The number of benzene rings is 5. The summed E-state index contributed by atoms with van der Waals surface area (Å²) in [6.45, 7) is 0. The Morgan fingerprint density at radius 1 is 0.241 bits per heavy atom. The van der Waals surface area contributed by atoms with Gasteiger partial charge in [0.1, 0.15) is 0 Å². The van der Waals surface area contributed by atoms with E-state index in [-0.39, 0.29) is 0 Å². The lowest BCUT2D eigenvalue weighted by Crippen LogP contribution is -1.97. The van der Waals surface area contributed by atoms with E-state index in [1.807, 2.05) is 91.1 Å². The lowest BCUT2D eigenvalue weighted by molar-refractivity contribution is 1.18. The summed E-state index contributed by atoms with van der Waals surface area (Å²) < 4.78 is 0. The summed E-state index contributed by atoms with van der Waals surface area (Å²) in [6, 6.07) is 64.2. The van der Waals surface area contributed by atoms with Crippen LogP contribution in [0.5, 0.6) is 0 Å². The van der Waals surface area contributed by atoms with Crippen LogP contribution in [-0.4, -0.2) is 24.9 Å². The van der Waals surface area contributed by atoms with Gasteiger partial charge in [0, 0.05) is 29.1 Å². The predicted octanol–water partition coefficient (Wildman–Crippen LogP) is 12.0. The molecule has 0 N–H and O–H groups in total. The van der Waals surface area contributed by atoms with Crippen LogP contribution in [-0.2, 0) is 0 Å².